The van der Waals surface area contributed by atoms with Crippen LogP contribution in [0, 0.1) is 11.8 Å². The third-order valence-electron chi connectivity index (χ3n) is 20.5. The fourth-order valence-electron chi connectivity index (χ4n) is 13.6. The predicted octanol–water partition coefficient (Wildman–Crippen LogP) is 26.6. The topological polar surface area (TPSA) is 237 Å². The molecule has 0 saturated heterocycles. The first-order valence-electron chi connectivity index (χ1n) is 45.0. The number of rotatable bonds is 86. The molecule has 0 aliphatic heterocycles. The van der Waals surface area contributed by atoms with Crippen LogP contribution < -0.4 is 0 Å². The second kappa shape index (κ2) is 78.3. The number of ether oxygens (including phenoxy) is 4. The van der Waals surface area contributed by atoms with E-state index < -0.39 is 97.5 Å². The Kier molecular flexibility index (Phi) is 76.9. The summed E-state index contributed by atoms with van der Waals surface area (Å²) in [4.78, 5) is 73.3. The van der Waals surface area contributed by atoms with Crippen molar-refractivity contribution in [3.8, 4) is 0 Å². The van der Waals surface area contributed by atoms with Crippen molar-refractivity contribution in [2.24, 2.45) is 11.8 Å². The molecule has 0 bridgehead atoms. The molecule has 0 aliphatic carbocycles. The molecule has 0 radical (unpaired) electrons. The Morgan fingerprint density at radius 3 is 0.642 bits per heavy atom. The zero-order valence-corrected chi connectivity index (χ0v) is 71.5. The molecule has 0 rings (SSSR count). The maximum atomic E-state index is 13.2. The van der Waals surface area contributed by atoms with E-state index in [1.165, 1.54) is 283 Å². The zero-order chi connectivity index (χ0) is 77.8. The maximum absolute atomic E-state index is 13.2. The van der Waals surface area contributed by atoms with Gasteiger partial charge in [-0.25, -0.2) is 9.13 Å². The highest BCUT2D eigenvalue weighted by atomic mass is 31.2. The van der Waals surface area contributed by atoms with Crippen molar-refractivity contribution in [2.45, 2.75) is 484 Å². The van der Waals surface area contributed by atoms with Crippen molar-refractivity contribution in [1.29, 1.82) is 0 Å². The van der Waals surface area contributed by atoms with Gasteiger partial charge in [0.05, 0.1) is 26.4 Å². The van der Waals surface area contributed by atoms with E-state index in [2.05, 4.69) is 41.5 Å². The number of phosphoric ester groups is 2. The summed E-state index contributed by atoms with van der Waals surface area (Å²) in [5.74, 6) is -0.536. The Morgan fingerprint density at radius 2 is 0.434 bits per heavy atom. The molecule has 0 amide bonds. The smallest absolute Gasteiger partial charge is 0.462 e. The summed E-state index contributed by atoms with van der Waals surface area (Å²) in [5, 5.41) is 10.7. The van der Waals surface area contributed by atoms with Gasteiger partial charge in [0.25, 0.3) is 0 Å². The van der Waals surface area contributed by atoms with Gasteiger partial charge in [0, 0.05) is 25.7 Å². The molecule has 0 fully saturated rings. The standard InChI is InChI=1S/C87H170O17P2/c1-7-9-11-13-15-17-19-21-22-23-24-25-26-27-28-29-35-41-47-53-59-65-71-86(91)103-82(75-98-85(90)70-64-58-52-46-40-34-31-30-33-37-43-49-55-61-67-79(3)4)77-101-105(93,94)99-73-81(88)74-100-106(95,96)102-78-83(76-97-84(89)69-63-57-51-45-39-32-20-18-16-14-12-10-8-2)104-87(92)72-66-60-54-48-42-36-38-44-50-56-62-68-80(5)6/h79-83,88H,7-78H2,1-6H3,(H,93,94)(H,95,96)/t81-,82-,83-/m1/s1. The van der Waals surface area contributed by atoms with Crippen LogP contribution in [0.25, 0.3) is 0 Å². The number of unbranched alkanes of at least 4 members (excludes halogenated alkanes) is 56. The first kappa shape index (κ1) is 104. The molecule has 17 nitrogen and oxygen atoms in total. The van der Waals surface area contributed by atoms with Crippen LogP contribution in [0.4, 0.5) is 0 Å². The molecule has 2 unspecified atom stereocenters. The van der Waals surface area contributed by atoms with Crippen molar-refractivity contribution in [1.82, 2.24) is 0 Å². The lowest BCUT2D eigenvalue weighted by Crippen LogP contribution is -2.30. The van der Waals surface area contributed by atoms with Gasteiger partial charge >= 0.3 is 39.5 Å². The van der Waals surface area contributed by atoms with E-state index in [0.717, 1.165) is 102 Å². The molecule has 0 aliphatic rings. The maximum Gasteiger partial charge on any atom is 0.472 e. The van der Waals surface area contributed by atoms with Gasteiger partial charge in [-0.1, -0.05) is 414 Å². The van der Waals surface area contributed by atoms with E-state index >= 15 is 0 Å². The first-order valence-corrected chi connectivity index (χ1v) is 48.0. The minimum absolute atomic E-state index is 0.107. The molecule has 106 heavy (non-hydrogen) atoms. The SMILES string of the molecule is CCCCCCCCCCCCCCCCCCCCCCCCC(=O)O[C@H](COC(=O)CCCCCCCCCCCCCCCCC(C)C)COP(=O)(O)OC[C@@H](O)COP(=O)(O)OC[C@@H](COC(=O)CCCCCCCCCCCCCCC)OC(=O)CCCCCCCCCCCCCC(C)C. The molecule has 0 saturated carbocycles. The molecule has 0 aromatic heterocycles. The van der Waals surface area contributed by atoms with Crippen LogP contribution in [0.1, 0.15) is 465 Å². The number of hydrogen-bond donors (Lipinski definition) is 3. The number of carbonyl (C=O) groups excluding carboxylic acids is 4. The van der Waals surface area contributed by atoms with Crippen molar-refractivity contribution < 1.29 is 80.2 Å². The summed E-state index contributed by atoms with van der Waals surface area (Å²) in [6, 6.07) is 0. The van der Waals surface area contributed by atoms with Gasteiger partial charge in [-0.3, -0.25) is 37.3 Å². The second-order valence-corrected chi connectivity index (χ2v) is 35.1. The van der Waals surface area contributed by atoms with Crippen LogP contribution in [0.2, 0.25) is 0 Å². The lowest BCUT2D eigenvalue weighted by atomic mass is 10.0. The Bertz CT molecular complexity index is 2030. The van der Waals surface area contributed by atoms with Crippen molar-refractivity contribution in [3.63, 3.8) is 0 Å². The second-order valence-electron chi connectivity index (χ2n) is 32.2. The summed E-state index contributed by atoms with van der Waals surface area (Å²) in [6.07, 6.45) is 70.8. The van der Waals surface area contributed by atoms with E-state index in [9.17, 15) is 43.2 Å². The largest absolute Gasteiger partial charge is 0.472 e. The minimum atomic E-state index is -4.97. The Labute approximate surface area is 651 Å². The van der Waals surface area contributed by atoms with E-state index in [1.54, 1.807) is 0 Å². The van der Waals surface area contributed by atoms with E-state index in [0.29, 0.717) is 25.7 Å². The molecule has 0 aromatic rings. The molecule has 5 atom stereocenters. The monoisotopic (exact) mass is 1550 g/mol. The molecular weight excluding hydrogens is 1380 g/mol. The van der Waals surface area contributed by atoms with Crippen LogP contribution in [0.15, 0.2) is 0 Å². The minimum Gasteiger partial charge on any atom is -0.462 e. The van der Waals surface area contributed by atoms with Crippen LogP contribution in [-0.4, -0.2) is 96.7 Å². The van der Waals surface area contributed by atoms with Gasteiger partial charge in [-0.05, 0) is 37.5 Å². The summed E-state index contributed by atoms with van der Waals surface area (Å²) in [5.41, 5.74) is 0. The van der Waals surface area contributed by atoms with Gasteiger partial charge < -0.3 is 33.8 Å². The third-order valence-corrected chi connectivity index (χ3v) is 22.4. The molecule has 0 heterocycles. The fourth-order valence-corrected chi connectivity index (χ4v) is 15.2. The first-order chi connectivity index (χ1) is 51.4. The van der Waals surface area contributed by atoms with Crippen molar-refractivity contribution in [3.05, 3.63) is 0 Å². The number of phosphoric acid groups is 2. The summed E-state index contributed by atoms with van der Waals surface area (Å²) < 4.78 is 68.9. The average molecular weight is 1550 g/mol. The molecule has 0 aromatic carbocycles. The molecule has 630 valence electrons. The number of hydrogen-bond acceptors (Lipinski definition) is 15. The summed E-state index contributed by atoms with van der Waals surface area (Å²) in [7, 11) is -9.93. The molecule has 3 N–H and O–H groups in total. The van der Waals surface area contributed by atoms with Gasteiger partial charge in [0.2, 0.25) is 0 Å². The third kappa shape index (κ3) is 80.1. The van der Waals surface area contributed by atoms with Crippen LogP contribution in [0.5, 0.6) is 0 Å². The highest BCUT2D eigenvalue weighted by Crippen LogP contribution is 2.45. The summed E-state index contributed by atoms with van der Waals surface area (Å²) >= 11 is 0. The number of esters is 4. The van der Waals surface area contributed by atoms with E-state index in [4.69, 9.17) is 37.0 Å². The Morgan fingerprint density at radius 1 is 0.255 bits per heavy atom. The molecular formula is C87H170O17P2. The highest BCUT2D eigenvalue weighted by Gasteiger charge is 2.30. The average Bonchev–Trinajstić information content (AvgIpc) is 0.900. The predicted molar refractivity (Wildman–Crippen MR) is 437 cm³/mol. The van der Waals surface area contributed by atoms with Gasteiger partial charge in [0.1, 0.15) is 19.3 Å². The van der Waals surface area contributed by atoms with Crippen LogP contribution >= 0.6 is 15.6 Å². The van der Waals surface area contributed by atoms with Gasteiger partial charge in [-0.15, -0.1) is 0 Å². The molecule has 0 spiro atoms. The van der Waals surface area contributed by atoms with Crippen molar-refractivity contribution >= 4 is 39.5 Å². The van der Waals surface area contributed by atoms with Crippen LogP contribution in [0.3, 0.4) is 0 Å². The normalized spacial score (nSPS) is 13.8. The van der Waals surface area contributed by atoms with Gasteiger partial charge in [-0.2, -0.15) is 0 Å². The van der Waals surface area contributed by atoms with Crippen molar-refractivity contribution in [2.75, 3.05) is 39.6 Å². The quantitative estimate of drug-likeness (QED) is 0.0222. The number of carbonyl (C=O) groups is 4. The Balaban J connectivity index is 5.24. The number of aliphatic hydroxyl groups excluding tert-OH is 1. The van der Waals surface area contributed by atoms with E-state index in [1.807, 2.05) is 0 Å². The summed E-state index contributed by atoms with van der Waals surface area (Å²) in [6.45, 7) is 9.70. The van der Waals surface area contributed by atoms with Crippen LogP contribution in [-0.2, 0) is 65.4 Å². The lowest BCUT2D eigenvalue weighted by molar-refractivity contribution is -0.161. The van der Waals surface area contributed by atoms with E-state index in [-0.39, 0.29) is 25.7 Å². The van der Waals surface area contributed by atoms with Gasteiger partial charge in [0.15, 0.2) is 12.2 Å². The fraction of sp³-hybridized carbons (Fsp3) is 0.954. The lowest BCUT2D eigenvalue weighted by Gasteiger charge is -2.21. The number of aliphatic hydroxyl groups is 1. The highest BCUT2D eigenvalue weighted by molar-refractivity contribution is 7.47. The molecule has 19 heteroatoms. The zero-order valence-electron chi connectivity index (χ0n) is 69.7. The Hall–Kier alpha value is -1.94.